The van der Waals surface area contributed by atoms with Crippen LogP contribution in [0.15, 0.2) is 15.4 Å². The number of ether oxygens (including phenoxy) is 1. The average molecular weight is 441 g/mol. The van der Waals surface area contributed by atoms with Gasteiger partial charge in [-0.15, -0.1) is 0 Å². The van der Waals surface area contributed by atoms with Gasteiger partial charge in [0.1, 0.15) is 16.1 Å². The lowest BCUT2D eigenvalue weighted by Crippen LogP contribution is -2.28. The number of allylic oxidation sites excluding steroid dienone is 1. The zero-order chi connectivity index (χ0) is 22.1. The van der Waals surface area contributed by atoms with E-state index in [2.05, 4.69) is 0 Å². The number of halogens is 2. The first-order valence-electron chi connectivity index (χ1n) is 9.50. The van der Waals surface area contributed by atoms with E-state index in [1.54, 1.807) is 6.08 Å². The molecule has 0 radical (unpaired) electrons. The molecular weight excluding hydrogens is 415 g/mol. The number of aromatic hydroxyl groups is 1. The number of carbonyl (C=O) groups is 1. The SMILES string of the molecule is Cc1c(C(=O)C2C(C=C(Cl)Cl)C2(C)C)c(O)n(CCCOC(C)C)c(=O)c1C#N. The van der Waals surface area contributed by atoms with E-state index in [9.17, 15) is 20.0 Å². The normalized spacial score (nSPS) is 19.7. The van der Waals surface area contributed by atoms with Crippen molar-refractivity contribution in [1.82, 2.24) is 4.57 Å². The molecule has 1 aromatic heterocycles. The summed E-state index contributed by atoms with van der Waals surface area (Å²) in [5.74, 6) is -1.39. The molecule has 0 saturated heterocycles. The van der Waals surface area contributed by atoms with E-state index in [4.69, 9.17) is 27.9 Å². The zero-order valence-electron chi connectivity index (χ0n) is 17.3. The second-order valence-corrected chi connectivity index (χ2v) is 9.19. The van der Waals surface area contributed by atoms with Crippen molar-refractivity contribution < 1.29 is 14.6 Å². The summed E-state index contributed by atoms with van der Waals surface area (Å²) >= 11 is 11.5. The molecule has 29 heavy (non-hydrogen) atoms. The topological polar surface area (TPSA) is 92.3 Å². The van der Waals surface area contributed by atoms with Crippen LogP contribution in [-0.4, -0.2) is 28.2 Å². The molecule has 1 aliphatic rings. The number of Topliss-reactive ketones (excluding diaryl/α,β-unsaturated/α-hetero) is 1. The van der Waals surface area contributed by atoms with Crippen LogP contribution in [0.25, 0.3) is 0 Å². The predicted octanol–water partition coefficient (Wildman–Crippen LogP) is 4.32. The van der Waals surface area contributed by atoms with Gasteiger partial charge >= 0.3 is 0 Å². The lowest BCUT2D eigenvalue weighted by atomic mass is 9.96. The Morgan fingerprint density at radius 1 is 1.41 bits per heavy atom. The van der Waals surface area contributed by atoms with Crippen LogP contribution in [0.1, 0.15) is 55.6 Å². The summed E-state index contributed by atoms with van der Waals surface area (Å²) in [6.45, 7) is 9.64. The summed E-state index contributed by atoms with van der Waals surface area (Å²) in [4.78, 5) is 25.9. The number of hydrogen-bond acceptors (Lipinski definition) is 5. The second-order valence-electron chi connectivity index (χ2n) is 8.19. The van der Waals surface area contributed by atoms with Gasteiger partial charge in [0.15, 0.2) is 5.78 Å². The fourth-order valence-electron chi connectivity index (χ4n) is 3.78. The number of carbonyl (C=O) groups excluding carboxylic acids is 1. The van der Waals surface area contributed by atoms with Crippen molar-refractivity contribution in [3.05, 3.63) is 37.6 Å². The van der Waals surface area contributed by atoms with E-state index in [0.717, 1.165) is 4.57 Å². The van der Waals surface area contributed by atoms with Gasteiger partial charge in [-0.3, -0.25) is 14.2 Å². The summed E-state index contributed by atoms with van der Waals surface area (Å²) < 4.78 is 6.62. The van der Waals surface area contributed by atoms with Gasteiger partial charge in [0.05, 0.1) is 11.7 Å². The van der Waals surface area contributed by atoms with Crippen LogP contribution in [0.3, 0.4) is 0 Å². The average Bonchev–Trinajstić information content (AvgIpc) is 3.13. The van der Waals surface area contributed by atoms with Gasteiger partial charge in [-0.1, -0.05) is 37.0 Å². The van der Waals surface area contributed by atoms with E-state index in [0.29, 0.717) is 13.0 Å². The highest BCUT2D eigenvalue weighted by Gasteiger charge is 2.61. The molecule has 1 aliphatic carbocycles. The molecule has 8 heteroatoms. The molecule has 1 N–H and O–H groups in total. The summed E-state index contributed by atoms with van der Waals surface area (Å²) in [6, 6.07) is 1.88. The summed E-state index contributed by atoms with van der Waals surface area (Å²) in [7, 11) is 0. The zero-order valence-corrected chi connectivity index (χ0v) is 18.8. The molecule has 1 saturated carbocycles. The fraction of sp³-hybridized carbons (Fsp3) is 0.571. The first-order chi connectivity index (χ1) is 13.4. The molecular formula is C21H26Cl2N2O4. The third-order valence-electron chi connectivity index (χ3n) is 5.52. The first-order valence-corrected chi connectivity index (χ1v) is 10.3. The number of aromatic nitrogens is 1. The number of nitrogens with zero attached hydrogens (tertiary/aromatic N) is 2. The molecule has 2 atom stereocenters. The third kappa shape index (κ3) is 4.69. The minimum Gasteiger partial charge on any atom is -0.494 e. The van der Waals surface area contributed by atoms with Crippen molar-refractivity contribution in [2.45, 2.75) is 53.7 Å². The van der Waals surface area contributed by atoms with Gasteiger partial charge < -0.3 is 9.84 Å². The smallest absolute Gasteiger partial charge is 0.271 e. The molecule has 2 rings (SSSR count). The van der Waals surface area contributed by atoms with Crippen molar-refractivity contribution in [2.75, 3.05) is 6.61 Å². The van der Waals surface area contributed by atoms with Crippen LogP contribution >= 0.6 is 23.2 Å². The Kier molecular flexibility index (Phi) is 7.21. The lowest BCUT2D eigenvalue weighted by Gasteiger charge is -2.16. The Morgan fingerprint density at radius 2 is 2.03 bits per heavy atom. The highest BCUT2D eigenvalue weighted by molar-refractivity contribution is 6.55. The van der Waals surface area contributed by atoms with Crippen LogP contribution in [0.4, 0.5) is 0 Å². The van der Waals surface area contributed by atoms with Crippen molar-refractivity contribution in [2.24, 2.45) is 17.3 Å². The largest absolute Gasteiger partial charge is 0.494 e. The molecule has 0 spiro atoms. The molecule has 2 unspecified atom stereocenters. The number of nitriles is 1. The molecule has 0 bridgehead atoms. The van der Waals surface area contributed by atoms with Crippen LogP contribution in [-0.2, 0) is 11.3 Å². The highest BCUT2D eigenvalue weighted by atomic mass is 35.5. The number of pyridine rings is 1. The Labute approximate surface area is 180 Å². The summed E-state index contributed by atoms with van der Waals surface area (Å²) in [5, 5.41) is 20.3. The van der Waals surface area contributed by atoms with Crippen molar-refractivity contribution in [3.8, 4) is 11.9 Å². The molecule has 0 aliphatic heterocycles. The van der Waals surface area contributed by atoms with Gasteiger partial charge in [-0.2, -0.15) is 5.26 Å². The van der Waals surface area contributed by atoms with Crippen LogP contribution in [0.2, 0.25) is 0 Å². The predicted molar refractivity (Wildman–Crippen MR) is 112 cm³/mol. The van der Waals surface area contributed by atoms with Crippen molar-refractivity contribution in [3.63, 3.8) is 0 Å². The van der Waals surface area contributed by atoms with Gasteiger partial charge in [0.25, 0.3) is 5.56 Å². The Hall–Kier alpha value is -1.81. The third-order valence-corrected chi connectivity index (χ3v) is 5.77. The minimum atomic E-state index is -0.612. The summed E-state index contributed by atoms with van der Waals surface area (Å²) in [6.07, 6.45) is 2.11. The summed E-state index contributed by atoms with van der Waals surface area (Å²) in [5.41, 5.74) is -0.956. The molecule has 158 valence electrons. The highest BCUT2D eigenvalue weighted by Crippen LogP contribution is 2.61. The minimum absolute atomic E-state index is 0.00518. The van der Waals surface area contributed by atoms with Gasteiger partial charge in [0.2, 0.25) is 5.88 Å². The standard InChI is InChI=1S/C21H26Cl2N2O4/c1-11(2)29-8-6-7-25-19(27)13(10-24)12(3)16(20(25)28)18(26)17-14(9-15(22)23)21(17,4)5/h9,11,14,17,28H,6-8H2,1-5H3. The molecule has 0 amide bonds. The molecule has 6 nitrogen and oxygen atoms in total. The fourth-order valence-corrected chi connectivity index (χ4v) is 4.05. The van der Waals surface area contributed by atoms with E-state index in [1.165, 1.54) is 6.92 Å². The van der Waals surface area contributed by atoms with Crippen molar-refractivity contribution >= 4 is 29.0 Å². The van der Waals surface area contributed by atoms with Crippen LogP contribution < -0.4 is 5.56 Å². The number of ketones is 1. The van der Waals surface area contributed by atoms with Crippen molar-refractivity contribution in [1.29, 1.82) is 5.26 Å². The first kappa shape index (κ1) is 23.5. The van der Waals surface area contributed by atoms with E-state index in [-0.39, 0.29) is 45.5 Å². The van der Waals surface area contributed by atoms with Gasteiger partial charge in [0, 0.05) is 19.1 Å². The van der Waals surface area contributed by atoms with Gasteiger partial charge in [-0.25, -0.2) is 0 Å². The molecule has 1 heterocycles. The maximum Gasteiger partial charge on any atom is 0.271 e. The molecule has 1 fully saturated rings. The maximum absolute atomic E-state index is 13.3. The Morgan fingerprint density at radius 3 is 2.55 bits per heavy atom. The molecule has 0 aromatic carbocycles. The Balaban J connectivity index is 2.46. The second kappa shape index (κ2) is 8.91. The van der Waals surface area contributed by atoms with E-state index < -0.39 is 22.8 Å². The quantitative estimate of drug-likeness (QED) is 0.479. The molecule has 1 aromatic rings. The van der Waals surface area contributed by atoms with Gasteiger partial charge in [-0.05, 0) is 50.2 Å². The lowest BCUT2D eigenvalue weighted by molar-refractivity contribution is 0.0743. The number of rotatable bonds is 8. The maximum atomic E-state index is 13.3. The van der Waals surface area contributed by atoms with E-state index >= 15 is 0 Å². The van der Waals surface area contributed by atoms with Crippen LogP contribution in [0.5, 0.6) is 5.88 Å². The number of hydrogen-bond donors (Lipinski definition) is 1. The Bertz CT molecular complexity index is 937. The monoisotopic (exact) mass is 440 g/mol. The van der Waals surface area contributed by atoms with Crippen LogP contribution in [0, 0.1) is 35.5 Å². The van der Waals surface area contributed by atoms with E-state index in [1.807, 2.05) is 33.8 Å².